The number of hydrogen-bond donors (Lipinski definition) is 0. The van der Waals surface area contributed by atoms with Gasteiger partial charge in [-0.2, -0.15) is 5.26 Å². The molecule has 0 aliphatic carbocycles. The van der Waals surface area contributed by atoms with Crippen LogP contribution in [0, 0.1) is 22.7 Å². The molecule has 3 rings (SSSR count). The lowest BCUT2D eigenvalue weighted by Gasteiger charge is -2.42. The fourth-order valence-electron chi connectivity index (χ4n) is 3.96. The monoisotopic (exact) mass is 326 g/mol. The average Bonchev–Trinajstić information content (AvgIpc) is 3.03. The summed E-state index contributed by atoms with van der Waals surface area (Å²) >= 11 is 0. The SMILES string of the molecule is C=CC(C)(C)[C@]12c3ccccc3N(C(=O)OC)[C@H]1OC(=O)[C@H]2C#N. The topological polar surface area (TPSA) is 79.6 Å². The van der Waals surface area contributed by atoms with E-state index in [-0.39, 0.29) is 0 Å². The highest BCUT2D eigenvalue weighted by molar-refractivity contribution is 5.96. The normalized spacial score (nSPS) is 27.8. The molecule has 124 valence electrons. The Kier molecular flexibility index (Phi) is 3.41. The van der Waals surface area contributed by atoms with Crippen molar-refractivity contribution in [3.8, 4) is 6.07 Å². The molecule has 0 bridgehead atoms. The van der Waals surface area contributed by atoms with Crippen LogP contribution in [0.3, 0.4) is 0 Å². The molecule has 6 nitrogen and oxygen atoms in total. The van der Waals surface area contributed by atoms with Crippen LogP contribution in [0.15, 0.2) is 36.9 Å². The number of esters is 1. The summed E-state index contributed by atoms with van der Waals surface area (Å²) in [5, 5.41) is 9.70. The first-order valence-corrected chi connectivity index (χ1v) is 7.57. The van der Waals surface area contributed by atoms with Gasteiger partial charge in [0, 0.05) is 0 Å². The first-order valence-electron chi connectivity index (χ1n) is 7.57. The van der Waals surface area contributed by atoms with Gasteiger partial charge in [-0.1, -0.05) is 38.1 Å². The predicted octanol–water partition coefficient (Wildman–Crippen LogP) is 2.75. The Hall–Kier alpha value is -2.81. The van der Waals surface area contributed by atoms with E-state index >= 15 is 0 Å². The zero-order valence-corrected chi connectivity index (χ0v) is 13.8. The van der Waals surface area contributed by atoms with Crippen molar-refractivity contribution < 1.29 is 19.1 Å². The van der Waals surface area contributed by atoms with E-state index < -0.39 is 35.0 Å². The molecule has 2 heterocycles. The van der Waals surface area contributed by atoms with Gasteiger partial charge in [0.05, 0.1) is 24.3 Å². The van der Waals surface area contributed by atoms with Gasteiger partial charge >= 0.3 is 12.1 Å². The van der Waals surface area contributed by atoms with Gasteiger partial charge < -0.3 is 9.47 Å². The highest BCUT2D eigenvalue weighted by atomic mass is 16.6. The molecule has 6 heteroatoms. The molecule has 3 atom stereocenters. The van der Waals surface area contributed by atoms with Gasteiger partial charge in [-0.3, -0.25) is 4.79 Å². The van der Waals surface area contributed by atoms with Crippen molar-refractivity contribution in [2.24, 2.45) is 11.3 Å². The van der Waals surface area contributed by atoms with Crippen molar-refractivity contribution in [1.29, 1.82) is 5.26 Å². The summed E-state index contributed by atoms with van der Waals surface area (Å²) in [5.74, 6) is -1.69. The van der Waals surface area contributed by atoms with E-state index in [4.69, 9.17) is 9.47 Å². The quantitative estimate of drug-likeness (QED) is 0.617. The van der Waals surface area contributed by atoms with Gasteiger partial charge in [0.1, 0.15) is 0 Å². The van der Waals surface area contributed by atoms with Gasteiger partial charge in [0.25, 0.3) is 0 Å². The molecule has 1 amide bonds. The Balaban J connectivity index is 2.39. The molecule has 0 spiro atoms. The van der Waals surface area contributed by atoms with Crippen LogP contribution in [0.5, 0.6) is 0 Å². The summed E-state index contributed by atoms with van der Waals surface area (Å²) in [7, 11) is 1.27. The van der Waals surface area contributed by atoms with E-state index in [1.54, 1.807) is 18.2 Å². The Labute approximate surface area is 140 Å². The summed E-state index contributed by atoms with van der Waals surface area (Å²) in [6.45, 7) is 7.65. The van der Waals surface area contributed by atoms with Crippen LogP contribution in [0.25, 0.3) is 0 Å². The zero-order valence-electron chi connectivity index (χ0n) is 13.8. The number of rotatable bonds is 2. The molecule has 0 unspecified atom stereocenters. The molecule has 2 aliphatic rings. The number of nitrogens with zero attached hydrogens (tertiary/aromatic N) is 2. The van der Waals surface area contributed by atoms with Crippen LogP contribution in [0.1, 0.15) is 19.4 Å². The summed E-state index contributed by atoms with van der Waals surface area (Å²) < 4.78 is 10.4. The van der Waals surface area contributed by atoms with Crippen LogP contribution in [-0.2, 0) is 19.7 Å². The Bertz CT molecular complexity index is 779. The lowest BCUT2D eigenvalue weighted by molar-refractivity contribution is -0.142. The molecule has 1 saturated heterocycles. The number of fused-ring (bicyclic) bond motifs is 3. The number of carbonyl (C=O) groups is 2. The minimum absolute atomic E-state index is 0.581. The van der Waals surface area contributed by atoms with Crippen molar-refractivity contribution in [3.05, 3.63) is 42.5 Å². The smallest absolute Gasteiger partial charge is 0.417 e. The average molecular weight is 326 g/mol. The second-order valence-electron chi connectivity index (χ2n) is 6.50. The fourth-order valence-corrected chi connectivity index (χ4v) is 3.96. The van der Waals surface area contributed by atoms with Crippen molar-refractivity contribution in [1.82, 2.24) is 0 Å². The largest absolute Gasteiger partial charge is 0.452 e. The third-order valence-electron chi connectivity index (χ3n) is 5.23. The van der Waals surface area contributed by atoms with Gasteiger partial charge in [-0.15, -0.1) is 6.58 Å². The molecular weight excluding hydrogens is 308 g/mol. The maximum Gasteiger partial charge on any atom is 0.417 e. The molecule has 2 aliphatic heterocycles. The number of allylic oxidation sites excluding steroid dienone is 1. The van der Waals surface area contributed by atoms with Crippen LogP contribution >= 0.6 is 0 Å². The van der Waals surface area contributed by atoms with Crippen LogP contribution in [0.4, 0.5) is 10.5 Å². The molecule has 0 N–H and O–H groups in total. The van der Waals surface area contributed by atoms with Crippen molar-refractivity contribution in [2.45, 2.75) is 25.5 Å². The summed E-state index contributed by atoms with van der Waals surface area (Å²) in [6, 6.07) is 9.26. The number of para-hydroxylation sites is 1. The molecule has 1 aromatic rings. The molecule has 1 fully saturated rings. The number of hydrogen-bond acceptors (Lipinski definition) is 5. The van der Waals surface area contributed by atoms with E-state index in [0.717, 1.165) is 0 Å². The van der Waals surface area contributed by atoms with E-state index in [2.05, 4.69) is 12.6 Å². The second kappa shape index (κ2) is 5.10. The molecule has 24 heavy (non-hydrogen) atoms. The minimum atomic E-state index is -1.05. The van der Waals surface area contributed by atoms with E-state index in [9.17, 15) is 14.9 Å². The lowest BCUT2D eigenvalue weighted by atomic mass is 9.57. The molecular formula is C18H18N2O4. The Morgan fingerprint density at radius 1 is 1.50 bits per heavy atom. The summed E-state index contributed by atoms with van der Waals surface area (Å²) in [4.78, 5) is 26.1. The molecule has 0 saturated carbocycles. The number of nitriles is 1. The van der Waals surface area contributed by atoms with Crippen molar-refractivity contribution in [3.63, 3.8) is 0 Å². The number of carbonyl (C=O) groups excluding carboxylic acids is 2. The maximum absolute atomic E-state index is 12.4. The van der Waals surface area contributed by atoms with E-state index in [0.29, 0.717) is 11.3 Å². The Morgan fingerprint density at radius 2 is 2.17 bits per heavy atom. The maximum atomic E-state index is 12.4. The summed E-state index contributed by atoms with van der Waals surface area (Å²) in [5.41, 5.74) is -0.450. The van der Waals surface area contributed by atoms with Crippen LogP contribution in [0.2, 0.25) is 0 Å². The number of amides is 1. The minimum Gasteiger partial charge on any atom is -0.452 e. The first-order chi connectivity index (χ1) is 11.4. The van der Waals surface area contributed by atoms with E-state index in [1.807, 2.05) is 26.0 Å². The molecule has 0 radical (unpaired) electrons. The predicted molar refractivity (Wildman–Crippen MR) is 86.0 cm³/mol. The number of methoxy groups -OCH3 is 1. The standard InChI is InChI=1S/C18H18N2O4/c1-5-17(2,3)18-11-8-6-7-9-13(11)20(16(22)23-4)15(18)24-14(21)12(18)10-19/h5-9,12,15H,1H2,2-4H3/t12-,15+,18+/m1/s1. The first kappa shape index (κ1) is 16.1. The number of ether oxygens (including phenoxy) is 2. The van der Waals surface area contributed by atoms with E-state index in [1.165, 1.54) is 12.0 Å². The second-order valence-corrected chi connectivity index (χ2v) is 6.50. The highest BCUT2D eigenvalue weighted by Gasteiger charge is 2.71. The fraction of sp³-hybridized carbons (Fsp3) is 0.389. The van der Waals surface area contributed by atoms with Gasteiger partial charge in [0.15, 0.2) is 12.1 Å². The zero-order chi connectivity index (χ0) is 17.7. The van der Waals surface area contributed by atoms with Crippen LogP contribution < -0.4 is 4.90 Å². The Morgan fingerprint density at radius 3 is 2.75 bits per heavy atom. The van der Waals surface area contributed by atoms with Gasteiger partial charge in [0.2, 0.25) is 0 Å². The lowest BCUT2D eigenvalue weighted by Crippen LogP contribution is -2.54. The number of benzene rings is 1. The van der Waals surface area contributed by atoms with Crippen LogP contribution in [-0.4, -0.2) is 25.4 Å². The third-order valence-corrected chi connectivity index (χ3v) is 5.23. The van der Waals surface area contributed by atoms with Crippen molar-refractivity contribution >= 4 is 17.7 Å². The number of anilines is 1. The molecule has 1 aromatic carbocycles. The summed E-state index contributed by atoms with van der Waals surface area (Å²) in [6.07, 6.45) is 0.109. The van der Waals surface area contributed by atoms with Crippen molar-refractivity contribution in [2.75, 3.05) is 12.0 Å². The molecule has 0 aromatic heterocycles. The third kappa shape index (κ3) is 1.64. The van der Waals surface area contributed by atoms with Gasteiger partial charge in [-0.05, 0) is 17.0 Å². The van der Waals surface area contributed by atoms with Gasteiger partial charge in [-0.25, -0.2) is 9.69 Å². The highest BCUT2D eigenvalue weighted by Crippen LogP contribution is 2.62.